The Bertz CT molecular complexity index is 834. The van der Waals surface area contributed by atoms with Crippen molar-refractivity contribution in [3.63, 3.8) is 0 Å². The number of rotatable bonds is 2. The van der Waals surface area contributed by atoms with Crippen LogP contribution in [0.25, 0.3) is 11.1 Å². The third-order valence-corrected chi connectivity index (χ3v) is 3.44. The van der Waals surface area contributed by atoms with Crippen LogP contribution in [-0.2, 0) is 6.42 Å². The van der Waals surface area contributed by atoms with E-state index in [-0.39, 0.29) is 11.9 Å². The third kappa shape index (κ3) is 4.92. The molecular weight excluding hydrogens is 340 g/mol. The molecule has 9 heteroatoms. The SMILES string of the molecule is CCc1nc(N)nc(N)c1-c1ccc(Cl)cc1.Nc1ccnc(N)n1. The van der Waals surface area contributed by atoms with Crippen molar-refractivity contribution in [3.8, 4) is 11.1 Å². The number of nitrogen functional groups attached to an aromatic ring is 4. The summed E-state index contributed by atoms with van der Waals surface area (Å²) in [7, 11) is 0. The lowest BCUT2D eigenvalue weighted by Crippen LogP contribution is -2.06. The standard InChI is InChI=1S/C12H13ClN4.C4H6N4/c1-2-9-10(11(14)17-12(15)16-9)7-3-5-8(13)6-4-7;5-3-1-2-7-4(6)8-3/h3-6H,2H2,1H3,(H4,14,15,16,17);1-2H,(H4,5,6,7,8). The number of benzene rings is 1. The normalized spacial score (nSPS) is 10.0. The first-order valence-electron chi connectivity index (χ1n) is 7.42. The molecule has 0 aliphatic rings. The second-order valence-electron chi connectivity index (χ2n) is 4.99. The Morgan fingerprint density at radius 2 is 1.56 bits per heavy atom. The van der Waals surface area contributed by atoms with Crippen molar-refractivity contribution in [2.75, 3.05) is 22.9 Å². The minimum Gasteiger partial charge on any atom is -0.384 e. The van der Waals surface area contributed by atoms with Crippen LogP contribution in [0.3, 0.4) is 0 Å². The van der Waals surface area contributed by atoms with E-state index in [9.17, 15) is 0 Å². The number of nitrogens with two attached hydrogens (primary N) is 4. The summed E-state index contributed by atoms with van der Waals surface area (Å²) >= 11 is 5.86. The first-order valence-corrected chi connectivity index (χ1v) is 7.80. The van der Waals surface area contributed by atoms with Crippen LogP contribution in [-0.4, -0.2) is 19.9 Å². The highest BCUT2D eigenvalue weighted by Crippen LogP contribution is 2.29. The number of aromatic nitrogens is 4. The topological polar surface area (TPSA) is 156 Å². The molecule has 3 rings (SSSR count). The summed E-state index contributed by atoms with van der Waals surface area (Å²) in [6.45, 7) is 2.00. The Balaban J connectivity index is 0.000000236. The van der Waals surface area contributed by atoms with Gasteiger partial charge in [0, 0.05) is 16.8 Å². The molecule has 2 heterocycles. The fourth-order valence-electron chi connectivity index (χ4n) is 2.12. The smallest absolute Gasteiger partial charge is 0.222 e. The van der Waals surface area contributed by atoms with Gasteiger partial charge in [-0.05, 0) is 30.2 Å². The van der Waals surface area contributed by atoms with Crippen molar-refractivity contribution in [2.24, 2.45) is 0 Å². The molecule has 25 heavy (non-hydrogen) atoms. The van der Waals surface area contributed by atoms with Gasteiger partial charge in [0.1, 0.15) is 11.6 Å². The highest BCUT2D eigenvalue weighted by Gasteiger charge is 2.11. The van der Waals surface area contributed by atoms with Crippen molar-refractivity contribution in [1.82, 2.24) is 19.9 Å². The molecule has 0 atom stereocenters. The van der Waals surface area contributed by atoms with Crippen LogP contribution in [0.4, 0.5) is 23.5 Å². The van der Waals surface area contributed by atoms with Gasteiger partial charge in [0.25, 0.3) is 0 Å². The fourth-order valence-corrected chi connectivity index (χ4v) is 2.25. The zero-order valence-electron chi connectivity index (χ0n) is 13.6. The lowest BCUT2D eigenvalue weighted by atomic mass is 10.0. The van der Waals surface area contributed by atoms with Gasteiger partial charge in [-0.3, -0.25) is 0 Å². The summed E-state index contributed by atoms with van der Waals surface area (Å²) in [5, 5.41) is 0.682. The maximum atomic E-state index is 5.90. The summed E-state index contributed by atoms with van der Waals surface area (Å²) in [5.41, 5.74) is 24.5. The van der Waals surface area contributed by atoms with Crippen LogP contribution in [0.15, 0.2) is 36.5 Å². The highest BCUT2D eigenvalue weighted by molar-refractivity contribution is 6.30. The van der Waals surface area contributed by atoms with Gasteiger partial charge in [-0.25, -0.2) is 9.97 Å². The van der Waals surface area contributed by atoms with Crippen molar-refractivity contribution >= 4 is 35.1 Å². The van der Waals surface area contributed by atoms with Crippen LogP contribution in [0.2, 0.25) is 5.02 Å². The van der Waals surface area contributed by atoms with E-state index in [1.807, 2.05) is 31.2 Å². The van der Waals surface area contributed by atoms with Gasteiger partial charge in [-0.1, -0.05) is 30.7 Å². The molecule has 8 N–H and O–H groups in total. The van der Waals surface area contributed by atoms with Crippen LogP contribution in [0.5, 0.6) is 0 Å². The molecule has 0 spiro atoms. The molecule has 0 fully saturated rings. The molecule has 0 unspecified atom stereocenters. The van der Waals surface area contributed by atoms with E-state index < -0.39 is 0 Å². The van der Waals surface area contributed by atoms with Crippen LogP contribution < -0.4 is 22.9 Å². The van der Waals surface area contributed by atoms with E-state index in [0.29, 0.717) is 16.7 Å². The van der Waals surface area contributed by atoms with Crippen molar-refractivity contribution in [1.29, 1.82) is 0 Å². The first kappa shape index (κ1) is 18.2. The van der Waals surface area contributed by atoms with Gasteiger partial charge in [-0.2, -0.15) is 9.97 Å². The van der Waals surface area contributed by atoms with Gasteiger partial charge in [0.2, 0.25) is 11.9 Å². The molecule has 0 saturated heterocycles. The Kier molecular flexibility index (Phi) is 5.91. The number of aryl methyl sites for hydroxylation is 1. The predicted molar refractivity (Wildman–Crippen MR) is 102 cm³/mol. The number of hydrogen-bond acceptors (Lipinski definition) is 8. The molecule has 0 radical (unpaired) electrons. The van der Waals surface area contributed by atoms with Gasteiger partial charge in [0.15, 0.2) is 0 Å². The highest BCUT2D eigenvalue weighted by atomic mass is 35.5. The van der Waals surface area contributed by atoms with E-state index in [1.54, 1.807) is 6.07 Å². The molecule has 130 valence electrons. The molecule has 3 aromatic rings. The summed E-state index contributed by atoms with van der Waals surface area (Å²) in [6.07, 6.45) is 2.26. The predicted octanol–water partition coefficient (Wildman–Crippen LogP) is 2.16. The van der Waals surface area contributed by atoms with Crippen molar-refractivity contribution < 1.29 is 0 Å². The monoisotopic (exact) mass is 358 g/mol. The van der Waals surface area contributed by atoms with Crippen molar-refractivity contribution in [2.45, 2.75) is 13.3 Å². The van der Waals surface area contributed by atoms with Crippen LogP contribution in [0.1, 0.15) is 12.6 Å². The minimum atomic E-state index is 0.206. The van der Waals surface area contributed by atoms with Gasteiger partial charge < -0.3 is 22.9 Å². The molecule has 8 nitrogen and oxygen atoms in total. The summed E-state index contributed by atoms with van der Waals surface area (Å²) < 4.78 is 0. The van der Waals surface area contributed by atoms with Gasteiger partial charge in [0.05, 0.1) is 5.69 Å². The fraction of sp³-hybridized carbons (Fsp3) is 0.125. The molecule has 0 bridgehead atoms. The maximum absolute atomic E-state index is 5.90. The molecule has 2 aromatic heterocycles. The maximum Gasteiger partial charge on any atom is 0.222 e. The van der Waals surface area contributed by atoms with Crippen molar-refractivity contribution in [3.05, 3.63) is 47.2 Å². The van der Waals surface area contributed by atoms with E-state index in [4.69, 9.17) is 34.5 Å². The van der Waals surface area contributed by atoms with E-state index >= 15 is 0 Å². The number of nitrogens with zero attached hydrogens (tertiary/aromatic N) is 4. The minimum absolute atomic E-state index is 0.206. The average Bonchev–Trinajstić information content (AvgIpc) is 2.56. The molecule has 0 saturated carbocycles. The van der Waals surface area contributed by atoms with Gasteiger partial charge in [-0.15, -0.1) is 0 Å². The number of hydrogen-bond donors (Lipinski definition) is 4. The molecule has 0 amide bonds. The Morgan fingerprint density at radius 1 is 0.880 bits per heavy atom. The largest absolute Gasteiger partial charge is 0.384 e. The summed E-state index contributed by atoms with van der Waals surface area (Å²) in [4.78, 5) is 15.4. The Hall–Kier alpha value is -3.13. The second-order valence-corrected chi connectivity index (χ2v) is 5.43. The lowest BCUT2D eigenvalue weighted by molar-refractivity contribution is 1.02. The van der Waals surface area contributed by atoms with E-state index in [0.717, 1.165) is 23.2 Å². The van der Waals surface area contributed by atoms with Gasteiger partial charge >= 0.3 is 0 Å². The number of halogens is 1. The Labute approximate surface area is 150 Å². The van der Waals surface area contributed by atoms with Crippen LogP contribution in [0, 0.1) is 0 Å². The molecule has 0 aliphatic carbocycles. The zero-order chi connectivity index (χ0) is 18.4. The van der Waals surface area contributed by atoms with E-state index in [1.165, 1.54) is 6.20 Å². The van der Waals surface area contributed by atoms with Crippen LogP contribution >= 0.6 is 11.6 Å². The molecular formula is C16H19ClN8. The number of anilines is 4. The third-order valence-electron chi connectivity index (χ3n) is 3.19. The Morgan fingerprint density at radius 3 is 2.08 bits per heavy atom. The average molecular weight is 359 g/mol. The molecule has 0 aliphatic heterocycles. The molecule has 1 aromatic carbocycles. The quantitative estimate of drug-likeness (QED) is 0.542. The summed E-state index contributed by atoms with van der Waals surface area (Å²) in [6, 6.07) is 8.99. The summed E-state index contributed by atoms with van der Waals surface area (Å²) in [5.74, 6) is 1.22. The lowest BCUT2D eigenvalue weighted by Gasteiger charge is -2.10. The van der Waals surface area contributed by atoms with E-state index in [2.05, 4.69) is 19.9 Å². The second kappa shape index (κ2) is 8.11. The zero-order valence-corrected chi connectivity index (χ0v) is 14.4. The first-order chi connectivity index (χ1) is 11.9.